The van der Waals surface area contributed by atoms with Gasteiger partial charge in [-0.25, -0.2) is 0 Å². The Hall–Kier alpha value is -1.03. The van der Waals surface area contributed by atoms with E-state index in [1.807, 2.05) is 37.3 Å². The molecule has 0 saturated carbocycles. The Bertz CT molecular complexity index is 641. The molecule has 0 saturated heterocycles. The molecule has 0 aliphatic heterocycles. The van der Waals surface area contributed by atoms with Gasteiger partial charge in [0.2, 0.25) is 0 Å². The number of halogens is 2. The van der Waals surface area contributed by atoms with Gasteiger partial charge in [-0.2, -0.15) is 0 Å². The molecule has 2 nitrogen and oxygen atoms in total. The van der Waals surface area contributed by atoms with E-state index in [1.54, 1.807) is 0 Å². The highest BCUT2D eigenvalue weighted by Gasteiger charge is 2.12. The summed E-state index contributed by atoms with van der Waals surface area (Å²) in [6, 6.07) is 11.6. The molecule has 0 unspecified atom stereocenters. The number of hydrogen-bond acceptors (Lipinski definition) is 2. The Morgan fingerprint density at radius 3 is 2.29 bits per heavy atom. The second-order valence-corrected chi connectivity index (χ2v) is 6.74. The normalized spacial score (nSPS) is 12.5. The first-order valence-corrected chi connectivity index (χ1v) is 8.08. The summed E-state index contributed by atoms with van der Waals surface area (Å²) < 4.78 is 7.04. The Balaban J connectivity index is 2.34. The molecule has 112 valence electrons. The van der Waals surface area contributed by atoms with Crippen molar-refractivity contribution in [2.24, 2.45) is 5.73 Å². The van der Waals surface area contributed by atoms with Gasteiger partial charge >= 0.3 is 0 Å². The standard InChI is InChI=1S/C17H19BrClNO/c1-10(2)14-9-13(18)5-7-16(14)21-17-6-4-12(11(3)20)8-15(17)19/h4-11H,20H2,1-3H3/t11-/m1/s1. The van der Waals surface area contributed by atoms with Crippen molar-refractivity contribution in [2.75, 3.05) is 0 Å². The fourth-order valence-electron chi connectivity index (χ4n) is 2.06. The van der Waals surface area contributed by atoms with Crippen LogP contribution in [0.5, 0.6) is 11.5 Å². The molecule has 2 rings (SSSR count). The van der Waals surface area contributed by atoms with Crippen molar-refractivity contribution < 1.29 is 4.74 Å². The lowest BCUT2D eigenvalue weighted by Gasteiger charge is -2.16. The van der Waals surface area contributed by atoms with Crippen LogP contribution in [0.25, 0.3) is 0 Å². The van der Waals surface area contributed by atoms with E-state index >= 15 is 0 Å². The lowest BCUT2D eigenvalue weighted by atomic mass is 10.0. The van der Waals surface area contributed by atoms with Crippen molar-refractivity contribution in [3.05, 3.63) is 57.0 Å². The summed E-state index contributed by atoms with van der Waals surface area (Å²) in [6.07, 6.45) is 0. The van der Waals surface area contributed by atoms with Gasteiger partial charge in [-0.1, -0.05) is 47.4 Å². The van der Waals surface area contributed by atoms with E-state index in [1.165, 1.54) is 0 Å². The van der Waals surface area contributed by atoms with Crippen molar-refractivity contribution in [1.29, 1.82) is 0 Å². The fourth-order valence-corrected chi connectivity index (χ4v) is 2.67. The topological polar surface area (TPSA) is 35.2 Å². The third-order valence-corrected chi connectivity index (χ3v) is 4.08. The van der Waals surface area contributed by atoms with Gasteiger partial charge in [0.15, 0.2) is 0 Å². The van der Waals surface area contributed by atoms with Gasteiger partial charge in [-0.05, 0) is 54.3 Å². The van der Waals surface area contributed by atoms with Gasteiger partial charge in [0.25, 0.3) is 0 Å². The van der Waals surface area contributed by atoms with Crippen LogP contribution in [0.1, 0.15) is 43.9 Å². The van der Waals surface area contributed by atoms with Crippen LogP contribution in [0.15, 0.2) is 40.9 Å². The van der Waals surface area contributed by atoms with Crippen LogP contribution in [-0.4, -0.2) is 0 Å². The molecule has 21 heavy (non-hydrogen) atoms. The Morgan fingerprint density at radius 2 is 1.71 bits per heavy atom. The van der Waals surface area contributed by atoms with Crippen LogP contribution in [0.3, 0.4) is 0 Å². The van der Waals surface area contributed by atoms with Gasteiger partial charge in [0.05, 0.1) is 5.02 Å². The number of nitrogens with two attached hydrogens (primary N) is 1. The molecule has 0 amide bonds. The SMILES string of the molecule is CC(C)c1cc(Br)ccc1Oc1ccc([C@@H](C)N)cc1Cl. The lowest BCUT2D eigenvalue weighted by molar-refractivity contribution is 0.473. The molecular weight excluding hydrogens is 350 g/mol. The average molecular weight is 369 g/mol. The molecule has 1 atom stereocenters. The summed E-state index contributed by atoms with van der Waals surface area (Å²) in [5.41, 5.74) is 7.99. The fraction of sp³-hybridized carbons (Fsp3) is 0.294. The molecule has 0 radical (unpaired) electrons. The van der Waals surface area contributed by atoms with Crippen molar-refractivity contribution in [3.63, 3.8) is 0 Å². The maximum Gasteiger partial charge on any atom is 0.146 e. The summed E-state index contributed by atoms with van der Waals surface area (Å²) in [5, 5.41) is 0.572. The zero-order chi connectivity index (χ0) is 15.6. The third kappa shape index (κ3) is 4.00. The van der Waals surface area contributed by atoms with Crippen LogP contribution >= 0.6 is 27.5 Å². The summed E-state index contributed by atoms with van der Waals surface area (Å²) in [7, 11) is 0. The van der Waals surface area contributed by atoms with Crippen LogP contribution in [0, 0.1) is 0 Å². The van der Waals surface area contributed by atoms with E-state index in [2.05, 4.69) is 35.8 Å². The first kappa shape index (κ1) is 16.3. The predicted molar refractivity (Wildman–Crippen MR) is 92.4 cm³/mol. The predicted octanol–water partition coefficient (Wildman–Crippen LogP) is 6.04. The maximum atomic E-state index is 6.30. The minimum Gasteiger partial charge on any atom is -0.456 e. The smallest absolute Gasteiger partial charge is 0.146 e. The molecule has 0 aliphatic carbocycles. The number of benzene rings is 2. The van der Waals surface area contributed by atoms with E-state index in [4.69, 9.17) is 22.1 Å². The highest BCUT2D eigenvalue weighted by Crippen LogP contribution is 2.36. The highest BCUT2D eigenvalue weighted by atomic mass is 79.9. The molecule has 4 heteroatoms. The minimum atomic E-state index is -0.0459. The van der Waals surface area contributed by atoms with Gasteiger partial charge in [0.1, 0.15) is 11.5 Å². The summed E-state index contributed by atoms with van der Waals surface area (Å²) in [6.45, 7) is 6.20. The lowest BCUT2D eigenvalue weighted by Crippen LogP contribution is -2.04. The molecule has 0 heterocycles. The molecule has 0 aromatic heterocycles. The number of ether oxygens (including phenoxy) is 1. The Morgan fingerprint density at radius 1 is 1.05 bits per heavy atom. The van der Waals surface area contributed by atoms with E-state index in [0.29, 0.717) is 16.7 Å². The summed E-state index contributed by atoms with van der Waals surface area (Å²) >= 11 is 9.79. The van der Waals surface area contributed by atoms with Crippen molar-refractivity contribution in [2.45, 2.75) is 32.7 Å². The monoisotopic (exact) mass is 367 g/mol. The number of rotatable bonds is 4. The zero-order valence-corrected chi connectivity index (χ0v) is 14.7. The van der Waals surface area contributed by atoms with Crippen LogP contribution in [0.4, 0.5) is 0 Å². The molecule has 0 spiro atoms. The van der Waals surface area contributed by atoms with Crippen LogP contribution < -0.4 is 10.5 Å². The van der Waals surface area contributed by atoms with Gasteiger partial charge in [0, 0.05) is 10.5 Å². The van der Waals surface area contributed by atoms with E-state index < -0.39 is 0 Å². The second-order valence-electron chi connectivity index (χ2n) is 5.42. The van der Waals surface area contributed by atoms with Crippen molar-refractivity contribution in [3.8, 4) is 11.5 Å². The summed E-state index contributed by atoms with van der Waals surface area (Å²) in [4.78, 5) is 0. The Labute approximate surface area is 139 Å². The highest BCUT2D eigenvalue weighted by molar-refractivity contribution is 9.10. The van der Waals surface area contributed by atoms with E-state index in [0.717, 1.165) is 21.3 Å². The maximum absolute atomic E-state index is 6.30. The molecule has 2 aromatic carbocycles. The quantitative estimate of drug-likeness (QED) is 0.714. The largest absolute Gasteiger partial charge is 0.456 e. The molecule has 2 N–H and O–H groups in total. The van der Waals surface area contributed by atoms with Crippen LogP contribution in [-0.2, 0) is 0 Å². The zero-order valence-electron chi connectivity index (χ0n) is 12.4. The Kier molecular flexibility index (Phi) is 5.31. The third-order valence-electron chi connectivity index (χ3n) is 3.30. The minimum absolute atomic E-state index is 0.0459. The van der Waals surface area contributed by atoms with Gasteiger partial charge in [-0.15, -0.1) is 0 Å². The summed E-state index contributed by atoms with van der Waals surface area (Å²) in [5.74, 6) is 1.83. The first-order valence-electron chi connectivity index (χ1n) is 6.91. The van der Waals surface area contributed by atoms with E-state index in [9.17, 15) is 0 Å². The van der Waals surface area contributed by atoms with E-state index in [-0.39, 0.29) is 6.04 Å². The average Bonchev–Trinajstić information content (AvgIpc) is 2.42. The molecule has 0 aliphatic rings. The molecule has 0 fully saturated rings. The van der Waals surface area contributed by atoms with Gasteiger partial charge < -0.3 is 10.5 Å². The van der Waals surface area contributed by atoms with Crippen LogP contribution in [0.2, 0.25) is 5.02 Å². The number of hydrogen-bond donors (Lipinski definition) is 1. The second kappa shape index (κ2) is 6.82. The van der Waals surface area contributed by atoms with Crippen molar-refractivity contribution >= 4 is 27.5 Å². The molecular formula is C17H19BrClNO. The first-order chi connectivity index (χ1) is 9.88. The van der Waals surface area contributed by atoms with Gasteiger partial charge in [-0.3, -0.25) is 0 Å². The molecule has 0 bridgehead atoms. The van der Waals surface area contributed by atoms with Crippen molar-refractivity contribution in [1.82, 2.24) is 0 Å². The molecule has 2 aromatic rings.